The van der Waals surface area contributed by atoms with Gasteiger partial charge in [0, 0.05) is 0 Å². The molecule has 20 heavy (non-hydrogen) atoms. The lowest BCUT2D eigenvalue weighted by Gasteiger charge is -2.35. The highest BCUT2D eigenvalue weighted by Gasteiger charge is 2.53. The number of carbonyl (C=O) groups excluding carboxylic acids is 1. The molecule has 2 aliphatic heterocycles. The largest absolute Gasteiger partial charge is 0.394 e. The number of nitrogens with zero attached hydrogens (tertiary/aromatic N) is 2. The molecule has 112 valence electrons. The molecule has 2 heterocycles. The Morgan fingerprint density at radius 3 is 2.65 bits per heavy atom. The van der Waals surface area contributed by atoms with Crippen LogP contribution in [0.1, 0.15) is 32.1 Å². The van der Waals surface area contributed by atoms with Crippen LogP contribution >= 0.6 is 11.8 Å². The van der Waals surface area contributed by atoms with Gasteiger partial charge in [-0.3, -0.25) is 9.69 Å². The van der Waals surface area contributed by atoms with Crippen molar-refractivity contribution in [1.82, 2.24) is 4.90 Å². The van der Waals surface area contributed by atoms with Gasteiger partial charge in [0.15, 0.2) is 18.5 Å². The first-order chi connectivity index (χ1) is 9.70. The van der Waals surface area contributed by atoms with Crippen LogP contribution in [0.4, 0.5) is 0 Å². The highest BCUT2D eigenvalue weighted by Crippen LogP contribution is 2.37. The molecule has 0 aromatic rings. The third kappa shape index (κ3) is 2.26. The molecule has 1 saturated carbocycles. The molecule has 3 N–H and O–H groups in total. The van der Waals surface area contributed by atoms with Crippen LogP contribution in [0.2, 0.25) is 0 Å². The second-order valence-electron chi connectivity index (χ2n) is 5.90. The Labute approximate surface area is 122 Å². The Bertz CT molecular complexity index is 419. The van der Waals surface area contributed by atoms with E-state index in [1.165, 1.54) is 48.8 Å². The Morgan fingerprint density at radius 1 is 1.30 bits per heavy atom. The van der Waals surface area contributed by atoms with Crippen molar-refractivity contribution in [2.24, 2.45) is 4.99 Å². The van der Waals surface area contributed by atoms with E-state index in [0.29, 0.717) is 24.5 Å². The predicted molar refractivity (Wildman–Crippen MR) is 76.3 cm³/mol. The van der Waals surface area contributed by atoms with Crippen molar-refractivity contribution in [3.05, 3.63) is 0 Å². The highest BCUT2D eigenvalue weighted by molar-refractivity contribution is 8.16. The molecule has 1 unspecified atom stereocenters. The molecule has 1 aliphatic carbocycles. The van der Waals surface area contributed by atoms with Crippen molar-refractivity contribution in [3.8, 4) is 0 Å². The maximum Gasteiger partial charge on any atom is 0.254 e. The molecule has 0 radical (unpaired) electrons. The first-order valence-corrected chi connectivity index (χ1v) is 8.13. The average Bonchev–Trinajstić information content (AvgIpc) is 2.81. The lowest BCUT2D eigenvalue weighted by molar-refractivity contribution is -0.935. The molecular formula is C13H22N3O3S+. The van der Waals surface area contributed by atoms with Gasteiger partial charge in [-0.2, -0.15) is 0 Å². The number of nitrogens with one attached hydrogen (secondary N) is 1. The Morgan fingerprint density at radius 2 is 2.00 bits per heavy atom. The average molecular weight is 300 g/mol. The minimum Gasteiger partial charge on any atom is -0.394 e. The van der Waals surface area contributed by atoms with Gasteiger partial charge in [0.2, 0.25) is 0 Å². The van der Waals surface area contributed by atoms with Crippen molar-refractivity contribution in [1.29, 1.82) is 0 Å². The van der Waals surface area contributed by atoms with Crippen LogP contribution in [0.5, 0.6) is 0 Å². The molecule has 0 bridgehead atoms. The van der Waals surface area contributed by atoms with Crippen LogP contribution in [0.25, 0.3) is 0 Å². The number of quaternary nitrogens is 1. The monoisotopic (exact) mass is 300 g/mol. The molecule has 6 nitrogen and oxygen atoms in total. The number of amides is 1. The third-order valence-electron chi connectivity index (χ3n) is 4.62. The summed E-state index contributed by atoms with van der Waals surface area (Å²) in [4.78, 5) is 20.0. The van der Waals surface area contributed by atoms with E-state index in [1.807, 2.05) is 0 Å². The second kappa shape index (κ2) is 5.63. The van der Waals surface area contributed by atoms with E-state index in [9.17, 15) is 15.0 Å². The first kappa shape index (κ1) is 14.3. The van der Waals surface area contributed by atoms with Gasteiger partial charge >= 0.3 is 0 Å². The zero-order valence-corrected chi connectivity index (χ0v) is 12.4. The summed E-state index contributed by atoms with van der Waals surface area (Å²) in [5, 5.41) is 19.6. The highest BCUT2D eigenvalue weighted by atomic mass is 32.2. The summed E-state index contributed by atoms with van der Waals surface area (Å²) < 4.78 is -1.12. The van der Waals surface area contributed by atoms with Crippen molar-refractivity contribution in [2.45, 2.75) is 42.9 Å². The number of fused-ring (bicyclic) bond motifs is 1. The van der Waals surface area contributed by atoms with Crippen LogP contribution in [-0.4, -0.2) is 63.5 Å². The zero-order valence-electron chi connectivity index (χ0n) is 11.5. The molecule has 1 atom stereocenters. The van der Waals surface area contributed by atoms with E-state index < -0.39 is 4.75 Å². The SMILES string of the molecule is O=C1N2C[NH+](C3CCCCC3)CN=C2SC1(CO)CO. The van der Waals surface area contributed by atoms with E-state index in [-0.39, 0.29) is 19.1 Å². The lowest BCUT2D eigenvalue weighted by atomic mass is 9.94. The van der Waals surface area contributed by atoms with Crippen molar-refractivity contribution in [3.63, 3.8) is 0 Å². The number of hydrogen-bond acceptors (Lipinski definition) is 5. The number of hydrogen-bond donors (Lipinski definition) is 3. The van der Waals surface area contributed by atoms with Crippen LogP contribution in [-0.2, 0) is 4.79 Å². The fraction of sp³-hybridized carbons (Fsp3) is 0.846. The Kier molecular flexibility index (Phi) is 4.03. The van der Waals surface area contributed by atoms with Crippen LogP contribution < -0.4 is 4.90 Å². The Balaban J connectivity index is 1.74. The molecule has 3 aliphatic rings. The van der Waals surface area contributed by atoms with Crippen molar-refractivity contribution >= 4 is 22.8 Å². The van der Waals surface area contributed by atoms with Gasteiger partial charge in [0.05, 0.1) is 19.3 Å². The van der Waals surface area contributed by atoms with Crippen LogP contribution in [0.15, 0.2) is 4.99 Å². The molecule has 1 amide bonds. The van der Waals surface area contributed by atoms with Gasteiger partial charge in [-0.15, -0.1) is 0 Å². The Hall–Kier alpha value is -0.630. The summed E-state index contributed by atoms with van der Waals surface area (Å²) in [7, 11) is 0. The standard InChI is InChI=1S/C13H21N3O3S/c17-6-13(7-18)11(19)16-9-15(8-14-12(16)20-13)10-4-2-1-3-5-10/h10,17-18H,1-9H2/p+1. The third-order valence-corrected chi connectivity index (χ3v) is 5.98. The topological polar surface area (TPSA) is 77.6 Å². The van der Waals surface area contributed by atoms with Gasteiger partial charge in [-0.05, 0) is 25.7 Å². The predicted octanol–water partition coefficient (Wildman–Crippen LogP) is -1.21. The maximum absolute atomic E-state index is 12.4. The van der Waals surface area contributed by atoms with Crippen LogP contribution in [0.3, 0.4) is 0 Å². The number of aliphatic hydroxyl groups excluding tert-OH is 2. The smallest absolute Gasteiger partial charge is 0.254 e. The number of rotatable bonds is 3. The summed E-state index contributed by atoms with van der Waals surface area (Å²) in [6, 6.07) is 0.588. The summed E-state index contributed by atoms with van der Waals surface area (Å²) in [6.07, 6.45) is 6.27. The molecule has 0 spiro atoms. The van der Waals surface area contributed by atoms with Crippen molar-refractivity contribution in [2.75, 3.05) is 26.6 Å². The number of aliphatic hydroxyl groups is 2. The number of amidine groups is 1. The minimum atomic E-state index is -1.12. The molecule has 1 saturated heterocycles. The van der Waals surface area contributed by atoms with E-state index >= 15 is 0 Å². The number of thioether (sulfide) groups is 1. The summed E-state index contributed by atoms with van der Waals surface area (Å²) in [5.41, 5.74) is 0. The van der Waals surface area contributed by atoms with E-state index in [4.69, 9.17) is 0 Å². The van der Waals surface area contributed by atoms with E-state index in [2.05, 4.69) is 4.99 Å². The van der Waals surface area contributed by atoms with Gasteiger partial charge in [0.25, 0.3) is 5.91 Å². The molecule has 7 heteroatoms. The number of aliphatic imine (C=N–C) groups is 1. The maximum atomic E-state index is 12.4. The van der Waals surface area contributed by atoms with Gasteiger partial charge in [-0.25, -0.2) is 9.89 Å². The fourth-order valence-electron chi connectivity index (χ4n) is 3.30. The summed E-state index contributed by atoms with van der Waals surface area (Å²) in [6.45, 7) is 0.628. The first-order valence-electron chi connectivity index (χ1n) is 7.32. The number of carbonyl (C=O) groups is 1. The minimum absolute atomic E-state index is 0.195. The van der Waals surface area contributed by atoms with Crippen LogP contribution in [0, 0.1) is 0 Å². The molecule has 0 aromatic heterocycles. The van der Waals surface area contributed by atoms with Gasteiger partial charge in [-0.1, -0.05) is 18.2 Å². The molecule has 0 aromatic carbocycles. The quantitative estimate of drug-likeness (QED) is 0.611. The molecule has 2 fully saturated rings. The molecular weight excluding hydrogens is 278 g/mol. The second-order valence-corrected chi connectivity index (χ2v) is 7.25. The molecule has 3 rings (SSSR count). The van der Waals surface area contributed by atoms with Gasteiger partial charge < -0.3 is 10.2 Å². The fourth-order valence-corrected chi connectivity index (χ4v) is 4.37. The van der Waals surface area contributed by atoms with Gasteiger partial charge in [0.1, 0.15) is 4.75 Å². The van der Waals surface area contributed by atoms with Crippen molar-refractivity contribution < 1.29 is 19.9 Å². The summed E-state index contributed by atoms with van der Waals surface area (Å²) in [5.74, 6) is -0.195. The zero-order chi connectivity index (χ0) is 14.2. The van der Waals surface area contributed by atoms with E-state index in [0.717, 1.165) is 0 Å². The van der Waals surface area contributed by atoms with E-state index in [1.54, 1.807) is 4.90 Å². The normalized spacial score (nSPS) is 30.3. The lowest BCUT2D eigenvalue weighted by Crippen LogP contribution is -3.18. The summed E-state index contributed by atoms with van der Waals surface area (Å²) >= 11 is 1.21.